The van der Waals surface area contributed by atoms with E-state index in [1.54, 1.807) is 30.3 Å². The number of nitrogens with one attached hydrogen (secondary N) is 2. The fourth-order valence-electron chi connectivity index (χ4n) is 2.39. The van der Waals surface area contributed by atoms with Gasteiger partial charge in [0.1, 0.15) is 0 Å². The van der Waals surface area contributed by atoms with Gasteiger partial charge in [0.2, 0.25) is 0 Å². The summed E-state index contributed by atoms with van der Waals surface area (Å²) in [6.07, 6.45) is 3.09. The van der Waals surface area contributed by atoms with Crippen LogP contribution in [-0.4, -0.2) is 11.8 Å². The van der Waals surface area contributed by atoms with Gasteiger partial charge >= 0.3 is 0 Å². The van der Waals surface area contributed by atoms with Crippen LogP contribution in [0.2, 0.25) is 5.02 Å². The topological polar surface area (TPSA) is 58.2 Å². The SMILES string of the molecule is O=C(C=Cc1cccc2ccccc12)NNC(=O)c1ccc(Cl)cc1. The predicted molar refractivity (Wildman–Crippen MR) is 100 cm³/mol. The molecule has 0 aromatic heterocycles. The third-order valence-electron chi connectivity index (χ3n) is 3.64. The van der Waals surface area contributed by atoms with E-state index in [1.807, 2.05) is 42.5 Å². The predicted octanol–water partition coefficient (Wildman–Crippen LogP) is 3.97. The van der Waals surface area contributed by atoms with E-state index in [4.69, 9.17) is 11.6 Å². The fraction of sp³-hybridized carbons (Fsp3) is 0. The molecule has 0 saturated carbocycles. The van der Waals surface area contributed by atoms with E-state index in [1.165, 1.54) is 6.08 Å². The Bertz CT molecular complexity index is 944. The first-order chi connectivity index (χ1) is 12.1. The number of halogens is 1. The number of hydrogen-bond donors (Lipinski definition) is 2. The van der Waals surface area contributed by atoms with Crippen LogP contribution in [0, 0.1) is 0 Å². The molecule has 124 valence electrons. The molecule has 0 aliphatic rings. The van der Waals surface area contributed by atoms with Crippen molar-refractivity contribution >= 4 is 40.3 Å². The van der Waals surface area contributed by atoms with E-state index in [-0.39, 0.29) is 0 Å². The lowest BCUT2D eigenvalue weighted by molar-refractivity contribution is -0.117. The average Bonchev–Trinajstić information content (AvgIpc) is 2.65. The molecule has 3 aromatic rings. The summed E-state index contributed by atoms with van der Waals surface area (Å²) in [4.78, 5) is 23.8. The number of benzene rings is 3. The normalized spacial score (nSPS) is 10.8. The molecule has 4 nitrogen and oxygen atoms in total. The highest BCUT2D eigenvalue weighted by Crippen LogP contribution is 2.19. The van der Waals surface area contributed by atoms with Gasteiger partial charge in [-0.25, -0.2) is 0 Å². The molecule has 0 radical (unpaired) electrons. The van der Waals surface area contributed by atoms with E-state index >= 15 is 0 Å². The standard InChI is InChI=1S/C20H15ClN2O2/c21-17-11-8-16(9-12-17)20(25)23-22-19(24)13-10-15-6-3-5-14-4-1-2-7-18(14)15/h1-13H,(H,22,24)(H,23,25). The van der Waals surface area contributed by atoms with Crippen molar-refractivity contribution in [3.05, 3.63) is 89.0 Å². The minimum atomic E-state index is -0.421. The largest absolute Gasteiger partial charge is 0.269 e. The van der Waals surface area contributed by atoms with Crippen molar-refractivity contribution < 1.29 is 9.59 Å². The van der Waals surface area contributed by atoms with Gasteiger partial charge in [0.15, 0.2) is 0 Å². The van der Waals surface area contributed by atoms with Crippen LogP contribution in [0.15, 0.2) is 72.8 Å². The van der Waals surface area contributed by atoms with Crippen LogP contribution >= 0.6 is 11.6 Å². The fourth-order valence-corrected chi connectivity index (χ4v) is 2.52. The number of fused-ring (bicyclic) bond motifs is 1. The summed E-state index contributed by atoms with van der Waals surface area (Å²) in [5.41, 5.74) is 6.05. The molecule has 2 amide bonds. The first kappa shape index (κ1) is 16.7. The summed E-state index contributed by atoms with van der Waals surface area (Å²) >= 11 is 5.77. The molecule has 2 N–H and O–H groups in total. The second-order valence-corrected chi connectivity index (χ2v) is 5.79. The second kappa shape index (κ2) is 7.64. The van der Waals surface area contributed by atoms with Gasteiger partial charge in [-0.3, -0.25) is 20.4 Å². The first-order valence-corrected chi connectivity index (χ1v) is 8.03. The molecule has 0 atom stereocenters. The highest BCUT2D eigenvalue weighted by Gasteiger charge is 2.05. The number of rotatable bonds is 3. The smallest absolute Gasteiger partial charge is 0.268 e. The van der Waals surface area contributed by atoms with Crippen LogP contribution < -0.4 is 10.9 Å². The Morgan fingerprint density at radius 1 is 0.840 bits per heavy atom. The molecule has 25 heavy (non-hydrogen) atoms. The van der Waals surface area contributed by atoms with Crippen molar-refractivity contribution in [2.75, 3.05) is 0 Å². The monoisotopic (exact) mass is 350 g/mol. The molecular weight excluding hydrogens is 336 g/mol. The van der Waals surface area contributed by atoms with E-state index < -0.39 is 11.8 Å². The molecule has 0 unspecified atom stereocenters. The van der Waals surface area contributed by atoms with Gasteiger partial charge in [-0.1, -0.05) is 54.1 Å². The molecule has 0 aliphatic heterocycles. The molecule has 0 aliphatic carbocycles. The van der Waals surface area contributed by atoms with Gasteiger partial charge in [0, 0.05) is 16.7 Å². The minimum Gasteiger partial charge on any atom is -0.268 e. The second-order valence-electron chi connectivity index (χ2n) is 5.35. The van der Waals surface area contributed by atoms with Crippen molar-refractivity contribution in [2.45, 2.75) is 0 Å². The Labute approximate surface area is 150 Å². The summed E-state index contributed by atoms with van der Waals surface area (Å²) < 4.78 is 0. The quantitative estimate of drug-likeness (QED) is 0.554. The Hall–Kier alpha value is -3.11. The summed E-state index contributed by atoms with van der Waals surface area (Å²) in [6, 6.07) is 20.2. The molecule has 0 saturated heterocycles. The summed E-state index contributed by atoms with van der Waals surface area (Å²) in [5, 5.41) is 2.69. The van der Waals surface area contributed by atoms with Gasteiger partial charge in [-0.2, -0.15) is 0 Å². The molecule has 0 bridgehead atoms. The molecule has 0 fully saturated rings. The van der Waals surface area contributed by atoms with Crippen LogP contribution in [0.3, 0.4) is 0 Å². The number of amides is 2. The lowest BCUT2D eigenvalue weighted by Crippen LogP contribution is -2.40. The highest BCUT2D eigenvalue weighted by molar-refractivity contribution is 6.30. The zero-order chi connectivity index (χ0) is 17.6. The third kappa shape index (κ3) is 4.25. The zero-order valence-electron chi connectivity index (χ0n) is 13.2. The molecule has 0 heterocycles. The first-order valence-electron chi connectivity index (χ1n) is 7.65. The lowest BCUT2D eigenvalue weighted by Gasteiger charge is -2.05. The third-order valence-corrected chi connectivity index (χ3v) is 3.90. The molecular formula is C20H15ClN2O2. The van der Waals surface area contributed by atoms with Crippen LogP contribution in [-0.2, 0) is 4.79 Å². The van der Waals surface area contributed by atoms with Crippen LogP contribution in [0.25, 0.3) is 16.8 Å². The van der Waals surface area contributed by atoms with Crippen LogP contribution in [0.4, 0.5) is 0 Å². The van der Waals surface area contributed by atoms with Gasteiger partial charge in [-0.05, 0) is 46.7 Å². The summed E-state index contributed by atoms with van der Waals surface area (Å²) in [6.45, 7) is 0. The lowest BCUT2D eigenvalue weighted by atomic mass is 10.0. The van der Waals surface area contributed by atoms with Gasteiger partial charge in [0.05, 0.1) is 0 Å². The Balaban J connectivity index is 1.63. The molecule has 3 rings (SSSR count). The molecule has 5 heteroatoms. The van der Waals surface area contributed by atoms with Crippen molar-refractivity contribution in [3.8, 4) is 0 Å². The van der Waals surface area contributed by atoms with Crippen LogP contribution in [0.5, 0.6) is 0 Å². The number of hydrazine groups is 1. The number of carbonyl (C=O) groups excluding carboxylic acids is 2. The van der Waals surface area contributed by atoms with E-state index in [0.29, 0.717) is 10.6 Å². The van der Waals surface area contributed by atoms with Crippen molar-refractivity contribution in [1.29, 1.82) is 0 Å². The Morgan fingerprint density at radius 3 is 2.36 bits per heavy atom. The zero-order valence-corrected chi connectivity index (χ0v) is 14.0. The molecule has 0 spiro atoms. The van der Waals surface area contributed by atoms with Crippen molar-refractivity contribution in [1.82, 2.24) is 10.9 Å². The average molecular weight is 351 g/mol. The number of carbonyl (C=O) groups is 2. The maximum atomic E-state index is 11.9. The van der Waals surface area contributed by atoms with Gasteiger partial charge < -0.3 is 0 Å². The Kier molecular flexibility index (Phi) is 5.11. The van der Waals surface area contributed by atoms with Gasteiger partial charge in [-0.15, -0.1) is 0 Å². The summed E-state index contributed by atoms with van der Waals surface area (Å²) in [5.74, 6) is -0.834. The highest BCUT2D eigenvalue weighted by atomic mass is 35.5. The van der Waals surface area contributed by atoms with E-state index in [2.05, 4.69) is 10.9 Å². The van der Waals surface area contributed by atoms with Crippen molar-refractivity contribution in [2.24, 2.45) is 0 Å². The Morgan fingerprint density at radius 2 is 1.56 bits per heavy atom. The minimum absolute atomic E-state index is 0.405. The van der Waals surface area contributed by atoms with E-state index in [0.717, 1.165) is 16.3 Å². The molecule has 3 aromatic carbocycles. The maximum absolute atomic E-state index is 11.9. The van der Waals surface area contributed by atoms with Gasteiger partial charge in [0.25, 0.3) is 11.8 Å². The van der Waals surface area contributed by atoms with Crippen molar-refractivity contribution in [3.63, 3.8) is 0 Å². The van der Waals surface area contributed by atoms with Crippen LogP contribution in [0.1, 0.15) is 15.9 Å². The number of hydrogen-bond acceptors (Lipinski definition) is 2. The maximum Gasteiger partial charge on any atom is 0.269 e. The summed E-state index contributed by atoms with van der Waals surface area (Å²) in [7, 11) is 0. The van der Waals surface area contributed by atoms with E-state index in [9.17, 15) is 9.59 Å².